The number of rotatable bonds is 4. The van der Waals surface area contributed by atoms with Gasteiger partial charge in [-0.2, -0.15) is 0 Å². The molecule has 0 unspecified atom stereocenters. The summed E-state index contributed by atoms with van der Waals surface area (Å²) in [6.07, 6.45) is 2.78. The number of anilines is 1. The Hall–Kier alpha value is -1.76. The molecule has 0 saturated carbocycles. The molecule has 2 aromatic rings. The maximum atomic E-state index is 13.6. The minimum Gasteiger partial charge on any atom is -0.354 e. The molecule has 0 fully saturated rings. The van der Waals surface area contributed by atoms with Gasteiger partial charge < -0.3 is 5.32 Å². The molecule has 0 aliphatic rings. The fourth-order valence-electron chi connectivity index (χ4n) is 1.23. The van der Waals surface area contributed by atoms with Crippen LogP contribution in [0.4, 0.5) is 10.3 Å². The Morgan fingerprint density at radius 1 is 1.33 bits per heavy atom. The van der Waals surface area contributed by atoms with Crippen LogP contribution in [-0.4, -0.2) is 26.5 Å². The summed E-state index contributed by atoms with van der Waals surface area (Å²) in [5, 5.41) is 3.61. The molecular weight excluding hydrogens is 253 g/mol. The van der Waals surface area contributed by atoms with Crippen molar-refractivity contribution in [2.45, 2.75) is 24.0 Å². The summed E-state index contributed by atoms with van der Waals surface area (Å²) < 4.78 is 13.6. The van der Waals surface area contributed by atoms with Gasteiger partial charge in [-0.3, -0.25) is 0 Å². The second kappa shape index (κ2) is 5.72. The smallest absolute Gasteiger partial charge is 0.223 e. The van der Waals surface area contributed by atoms with Crippen LogP contribution in [0.1, 0.15) is 12.6 Å². The van der Waals surface area contributed by atoms with Crippen molar-refractivity contribution in [3.8, 4) is 0 Å². The Morgan fingerprint density at radius 3 is 2.89 bits per heavy atom. The lowest BCUT2D eigenvalue weighted by molar-refractivity contribution is 0.579. The van der Waals surface area contributed by atoms with Gasteiger partial charge in [-0.05, 0) is 31.7 Å². The van der Waals surface area contributed by atoms with E-state index in [1.165, 1.54) is 0 Å². The molecule has 2 heterocycles. The Kier molecular flexibility index (Phi) is 4.03. The van der Waals surface area contributed by atoms with Crippen molar-refractivity contribution in [2.75, 3.05) is 11.9 Å². The fraction of sp³-hybridized carbons (Fsp3) is 0.273. The highest BCUT2D eigenvalue weighted by atomic mass is 32.2. The average molecular weight is 265 g/mol. The van der Waals surface area contributed by atoms with E-state index in [9.17, 15) is 4.39 Å². The van der Waals surface area contributed by atoms with Gasteiger partial charge in [0.15, 0.2) is 11.0 Å². The predicted molar refractivity (Wildman–Crippen MR) is 67.0 cm³/mol. The summed E-state index contributed by atoms with van der Waals surface area (Å²) in [4.78, 5) is 16.2. The number of aromatic nitrogens is 4. The number of nitrogens with one attached hydrogen (secondary N) is 1. The molecule has 7 heteroatoms. The van der Waals surface area contributed by atoms with Crippen LogP contribution in [0.2, 0.25) is 0 Å². The maximum Gasteiger partial charge on any atom is 0.223 e. The van der Waals surface area contributed by atoms with Gasteiger partial charge in [-0.1, -0.05) is 0 Å². The number of halogens is 1. The van der Waals surface area contributed by atoms with E-state index in [0.717, 1.165) is 23.7 Å². The summed E-state index contributed by atoms with van der Waals surface area (Å²) in [6, 6.07) is 1.78. The Balaban J connectivity index is 2.25. The van der Waals surface area contributed by atoms with E-state index < -0.39 is 5.82 Å². The molecule has 18 heavy (non-hydrogen) atoms. The third kappa shape index (κ3) is 3.13. The average Bonchev–Trinajstić information content (AvgIpc) is 2.34. The van der Waals surface area contributed by atoms with Crippen LogP contribution in [0.25, 0.3) is 0 Å². The fourth-order valence-corrected chi connectivity index (χ4v) is 1.99. The molecule has 5 nitrogen and oxygen atoms in total. The molecule has 0 aliphatic carbocycles. The molecule has 0 aliphatic heterocycles. The predicted octanol–water partition coefficient (Wildman–Crippen LogP) is 2.30. The van der Waals surface area contributed by atoms with Gasteiger partial charge in [0.1, 0.15) is 5.03 Å². The minimum absolute atomic E-state index is 0.214. The Bertz CT molecular complexity index is 549. The first-order chi connectivity index (χ1) is 8.69. The molecular formula is C11H12FN5S. The largest absolute Gasteiger partial charge is 0.354 e. The highest BCUT2D eigenvalue weighted by Crippen LogP contribution is 2.25. The third-order valence-electron chi connectivity index (χ3n) is 2.01. The second-order valence-corrected chi connectivity index (χ2v) is 4.42. The second-order valence-electron chi connectivity index (χ2n) is 3.46. The van der Waals surface area contributed by atoms with E-state index in [1.807, 2.05) is 13.8 Å². The van der Waals surface area contributed by atoms with E-state index in [1.54, 1.807) is 12.3 Å². The molecule has 2 rings (SSSR count). The van der Waals surface area contributed by atoms with Gasteiger partial charge in [0.25, 0.3) is 0 Å². The van der Waals surface area contributed by atoms with Crippen molar-refractivity contribution in [3.05, 3.63) is 30.0 Å². The SMILES string of the molecule is CCNc1ncc(F)c(Sc2nccc(C)n2)n1. The minimum atomic E-state index is -0.480. The number of nitrogens with zero attached hydrogens (tertiary/aromatic N) is 4. The Labute approximate surface area is 108 Å². The van der Waals surface area contributed by atoms with Gasteiger partial charge in [-0.15, -0.1) is 0 Å². The highest BCUT2D eigenvalue weighted by Gasteiger charge is 2.10. The molecule has 1 N–H and O–H groups in total. The standard InChI is InChI=1S/C11H12FN5S/c1-3-13-10-15-6-8(12)9(17-10)18-11-14-5-4-7(2)16-11/h4-6H,3H2,1-2H3,(H,13,15,17). The van der Waals surface area contributed by atoms with Crippen molar-refractivity contribution in [1.82, 2.24) is 19.9 Å². The van der Waals surface area contributed by atoms with Gasteiger partial charge in [-0.25, -0.2) is 24.3 Å². The molecule has 94 valence electrons. The zero-order valence-electron chi connectivity index (χ0n) is 10.0. The van der Waals surface area contributed by atoms with Crippen LogP contribution < -0.4 is 5.32 Å². The molecule has 0 radical (unpaired) electrons. The zero-order valence-corrected chi connectivity index (χ0v) is 10.8. The van der Waals surface area contributed by atoms with E-state index in [0.29, 0.717) is 17.6 Å². The summed E-state index contributed by atoms with van der Waals surface area (Å²) in [6.45, 7) is 4.45. The number of aryl methyl sites for hydroxylation is 1. The molecule has 0 atom stereocenters. The number of hydrogen-bond acceptors (Lipinski definition) is 6. The topological polar surface area (TPSA) is 63.6 Å². The lowest BCUT2D eigenvalue weighted by atomic mass is 10.5. The van der Waals surface area contributed by atoms with Crippen LogP contribution in [0.3, 0.4) is 0 Å². The Morgan fingerprint density at radius 2 is 2.17 bits per heavy atom. The van der Waals surface area contributed by atoms with Crippen LogP contribution in [-0.2, 0) is 0 Å². The zero-order chi connectivity index (χ0) is 13.0. The van der Waals surface area contributed by atoms with Crippen molar-refractivity contribution in [2.24, 2.45) is 0 Å². The van der Waals surface area contributed by atoms with Crippen molar-refractivity contribution >= 4 is 17.7 Å². The van der Waals surface area contributed by atoms with E-state index in [4.69, 9.17) is 0 Å². The first-order valence-electron chi connectivity index (χ1n) is 5.43. The summed E-state index contributed by atoms with van der Waals surface area (Å²) in [7, 11) is 0. The monoisotopic (exact) mass is 265 g/mol. The van der Waals surface area contributed by atoms with Gasteiger partial charge in [0.05, 0.1) is 6.20 Å². The molecule has 0 aromatic carbocycles. The van der Waals surface area contributed by atoms with E-state index >= 15 is 0 Å². The lowest BCUT2D eigenvalue weighted by Gasteiger charge is -2.04. The molecule has 0 bridgehead atoms. The van der Waals surface area contributed by atoms with Crippen molar-refractivity contribution in [1.29, 1.82) is 0 Å². The van der Waals surface area contributed by atoms with Crippen molar-refractivity contribution < 1.29 is 4.39 Å². The molecule has 0 amide bonds. The van der Waals surface area contributed by atoms with Crippen LogP contribution in [0, 0.1) is 12.7 Å². The summed E-state index contributed by atoms with van der Waals surface area (Å²) >= 11 is 1.08. The molecule has 0 saturated heterocycles. The normalized spacial score (nSPS) is 10.4. The summed E-state index contributed by atoms with van der Waals surface area (Å²) in [5.74, 6) is -0.0826. The van der Waals surface area contributed by atoms with E-state index in [2.05, 4.69) is 25.3 Å². The molecule has 2 aromatic heterocycles. The third-order valence-corrected chi connectivity index (χ3v) is 2.87. The lowest BCUT2D eigenvalue weighted by Crippen LogP contribution is -2.03. The summed E-state index contributed by atoms with van der Waals surface area (Å²) in [5.41, 5.74) is 0.828. The van der Waals surface area contributed by atoms with Gasteiger partial charge in [0.2, 0.25) is 5.95 Å². The van der Waals surface area contributed by atoms with Gasteiger partial charge >= 0.3 is 0 Å². The van der Waals surface area contributed by atoms with Crippen LogP contribution in [0.15, 0.2) is 28.6 Å². The van der Waals surface area contributed by atoms with Crippen LogP contribution >= 0.6 is 11.8 Å². The first-order valence-corrected chi connectivity index (χ1v) is 6.24. The maximum absolute atomic E-state index is 13.6. The number of hydrogen-bond donors (Lipinski definition) is 1. The van der Waals surface area contributed by atoms with Gasteiger partial charge in [0, 0.05) is 18.4 Å². The highest BCUT2D eigenvalue weighted by molar-refractivity contribution is 7.99. The quantitative estimate of drug-likeness (QED) is 0.676. The van der Waals surface area contributed by atoms with Crippen LogP contribution in [0.5, 0.6) is 0 Å². The molecule has 0 spiro atoms. The first kappa shape index (κ1) is 12.7. The van der Waals surface area contributed by atoms with Crippen molar-refractivity contribution in [3.63, 3.8) is 0 Å². The van der Waals surface area contributed by atoms with E-state index in [-0.39, 0.29) is 5.03 Å².